The number of aromatic nitrogens is 1. The number of anilines is 1. The number of carbonyl (C=O) groups excluding carboxylic acids is 1. The second-order valence-electron chi connectivity index (χ2n) is 5.77. The zero-order valence-electron chi connectivity index (χ0n) is 14.7. The number of thioether (sulfide) groups is 1. The molecular weight excluding hydrogens is 399 g/mol. The fourth-order valence-corrected chi connectivity index (χ4v) is 3.31. The summed E-state index contributed by atoms with van der Waals surface area (Å²) in [4.78, 5) is 16.5. The first-order valence-electron chi connectivity index (χ1n) is 7.72. The Bertz CT molecular complexity index is 939. The summed E-state index contributed by atoms with van der Waals surface area (Å²) in [7, 11) is 0. The molecule has 0 unspecified atom stereocenters. The molecule has 0 spiro atoms. The number of aryl methyl sites for hydroxylation is 1. The highest BCUT2D eigenvalue weighted by atomic mass is 35.5. The van der Waals surface area contributed by atoms with Gasteiger partial charge in [-0.15, -0.1) is 0 Å². The first-order chi connectivity index (χ1) is 12.5. The van der Waals surface area contributed by atoms with Crippen molar-refractivity contribution in [1.29, 1.82) is 5.26 Å². The third-order valence-corrected chi connectivity index (χ3v) is 5.29. The van der Waals surface area contributed by atoms with Crippen LogP contribution in [0.1, 0.15) is 27.9 Å². The van der Waals surface area contributed by atoms with Crippen LogP contribution in [-0.4, -0.2) is 16.6 Å². The van der Waals surface area contributed by atoms with Crippen molar-refractivity contribution < 1.29 is 18.0 Å². The number of benzene rings is 1. The number of amides is 1. The smallest absolute Gasteiger partial charge is 0.324 e. The molecule has 0 saturated carbocycles. The minimum Gasteiger partial charge on any atom is -0.324 e. The van der Waals surface area contributed by atoms with Crippen molar-refractivity contribution in [2.45, 2.75) is 32.0 Å². The molecule has 142 valence electrons. The lowest BCUT2D eigenvalue weighted by Crippen LogP contribution is -2.16. The van der Waals surface area contributed by atoms with Gasteiger partial charge in [0.25, 0.3) is 0 Å². The molecule has 0 aliphatic carbocycles. The lowest BCUT2D eigenvalue weighted by Gasteiger charge is -2.13. The van der Waals surface area contributed by atoms with Crippen LogP contribution < -0.4 is 5.32 Å². The molecule has 0 radical (unpaired) electrons. The maximum atomic E-state index is 12.8. The normalized spacial score (nSPS) is 11.2. The van der Waals surface area contributed by atoms with Crippen molar-refractivity contribution in [3.05, 3.63) is 51.2 Å². The number of carbonyl (C=O) groups is 1. The van der Waals surface area contributed by atoms with E-state index in [1.165, 1.54) is 0 Å². The van der Waals surface area contributed by atoms with Crippen molar-refractivity contribution >= 4 is 35.0 Å². The van der Waals surface area contributed by atoms with E-state index in [0.717, 1.165) is 46.8 Å². The Morgan fingerprint density at radius 3 is 2.56 bits per heavy atom. The van der Waals surface area contributed by atoms with Crippen LogP contribution in [0.4, 0.5) is 18.9 Å². The van der Waals surface area contributed by atoms with Crippen LogP contribution >= 0.6 is 23.4 Å². The number of pyridine rings is 1. The fraction of sp³-hybridized carbons (Fsp3) is 0.278. The molecule has 1 aromatic heterocycles. The topological polar surface area (TPSA) is 65.8 Å². The van der Waals surface area contributed by atoms with Gasteiger partial charge in [-0.1, -0.05) is 23.4 Å². The zero-order chi connectivity index (χ0) is 20.4. The van der Waals surface area contributed by atoms with Crippen LogP contribution in [0.2, 0.25) is 5.02 Å². The number of nitrogens with zero attached hydrogens (tertiary/aromatic N) is 2. The van der Waals surface area contributed by atoms with Crippen LogP contribution in [0.3, 0.4) is 0 Å². The van der Waals surface area contributed by atoms with E-state index >= 15 is 0 Å². The van der Waals surface area contributed by atoms with Gasteiger partial charge in [0.15, 0.2) is 0 Å². The number of alkyl halides is 3. The van der Waals surface area contributed by atoms with E-state index in [1.54, 1.807) is 13.8 Å². The van der Waals surface area contributed by atoms with Gasteiger partial charge in [-0.05, 0) is 50.1 Å². The van der Waals surface area contributed by atoms with Crippen molar-refractivity contribution in [2.75, 3.05) is 11.1 Å². The fourth-order valence-electron chi connectivity index (χ4n) is 2.27. The van der Waals surface area contributed by atoms with Crippen molar-refractivity contribution in [3.63, 3.8) is 0 Å². The van der Waals surface area contributed by atoms with E-state index in [0.29, 0.717) is 10.6 Å². The number of nitriles is 1. The third kappa shape index (κ3) is 4.93. The Morgan fingerprint density at radius 2 is 1.96 bits per heavy atom. The van der Waals surface area contributed by atoms with Crippen molar-refractivity contribution in [1.82, 2.24) is 4.98 Å². The second-order valence-corrected chi connectivity index (χ2v) is 7.14. The van der Waals surface area contributed by atoms with Gasteiger partial charge in [-0.3, -0.25) is 4.79 Å². The van der Waals surface area contributed by atoms with Crippen LogP contribution in [0.25, 0.3) is 0 Å². The van der Waals surface area contributed by atoms with E-state index < -0.39 is 17.6 Å². The number of rotatable bonds is 4. The van der Waals surface area contributed by atoms with Gasteiger partial charge >= 0.3 is 6.18 Å². The molecular formula is C18H15ClF3N3OS. The summed E-state index contributed by atoms with van der Waals surface area (Å²) in [6, 6.07) is 4.78. The van der Waals surface area contributed by atoms with Crippen LogP contribution in [-0.2, 0) is 11.0 Å². The summed E-state index contributed by atoms with van der Waals surface area (Å²) in [6.07, 6.45) is -4.54. The first-order valence-corrected chi connectivity index (χ1v) is 9.08. The quantitative estimate of drug-likeness (QED) is 0.692. The highest BCUT2D eigenvalue weighted by molar-refractivity contribution is 8.00. The second kappa shape index (κ2) is 8.19. The molecule has 27 heavy (non-hydrogen) atoms. The summed E-state index contributed by atoms with van der Waals surface area (Å²) < 4.78 is 38.4. The van der Waals surface area contributed by atoms with Crippen LogP contribution in [0.5, 0.6) is 0 Å². The van der Waals surface area contributed by atoms with Crippen LogP contribution in [0.15, 0.2) is 23.2 Å². The number of hydrogen-bond acceptors (Lipinski definition) is 4. The molecule has 1 N–H and O–H groups in total. The molecule has 4 nitrogen and oxygen atoms in total. The van der Waals surface area contributed by atoms with E-state index in [1.807, 2.05) is 6.92 Å². The third-order valence-electron chi connectivity index (χ3n) is 3.98. The highest BCUT2D eigenvalue weighted by Gasteiger charge is 2.31. The van der Waals surface area contributed by atoms with Gasteiger partial charge < -0.3 is 5.32 Å². The Morgan fingerprint density at radius 1 is 1.30 bits per heavy atom. The summed E-state index contributed by atoms with van der Waals surface area (Å²) in [5.74, 6) is -0.682. The molecule has 1 amide bonds. The molecule has 0 bridgehead atoms. The van der Waals surface area contributed by atoms with Gasteiger partial charge in [0.1, 0.15) is 11.1 Å². The van der Waals surface area contributed by atoms with Gasteiger partial charge in [0.05, 0.1) is 27.6 Å². The maximum absolute atomic E-state index is 12.8. The minimum atomic E-state index is -4.54. The Labute approximate surface area is 163 Å². The highest BCUT2D eigenvalue weighted by Crippen LogP contribution is 2.34. The van der Waals surface area contributed by atoms with E-state index in [4.69, 9.17) is 11.6 Å². The molecule has 1 heterocycles. The van der Waals surface area contributed by atoms with Gasteiger partial charge in [0.2, 0.25) is 5.91 Å². The predicted molar refractivity (Wildman–Crippen MR) is 99.0 cm³/mol. The molecule has 0 aliphatic rings. The Kier molecular flexibility index (Phi) is 6.39. The number of halogens is 4. The average molecular weight is 414 g/mol. The Balaban J connectivity index is 2.16. The summed E-state index contributed by atoms with van der Waals surface area (Å²) in [6.45, 7) is 5.46. The molecule has 0 saturated heterocycles. The largest absolute Gasteiger partial charge is 0.416 e. The first kappa shape index (κ1) is 21.1. The lowest BCUT2D eigenvalue weighted by atomic mass is 10.1. The molecule has 0 fully saturated rings. The van der Waals surface area contributed by atoms with Crippen LogP contribution in [0, 0.1) is 32.1 Å². The van der Waals surface area contributed by atoms with E-state index in [2.05, 4.69) is 16.4 Å². The summed E-state index contributed by atoms with van der Waals surface area (Å²) in [5.41, 5.74) is 1.78. The van der Waals surface area contributed by atoms with Gasteiger partial charge in [-0.25, -0.2) is 4.98 Å². The molecule has 1 aromatic carbocycles. The number of nitrogens with one attached hydrogen (secondary N) is 1. The summed E-state index contributed by atoms with van der Waals surface area (Å²) >= 11 is 6.91. The summed E-state index contributed by atoms with van der Waals surface area (Å²) in [5, 5.41) is 12.1. The number of hydrogen-bond donors (Lipinski definition) is 1. The molecule has 9 heteroatoms. The standard InChI is InChI=1S/C18H15ClF3N3OS/c1-9-10(2)13(7-23)17(24-11(9)3)27-8-16(26)25-15-6-12(18(20,21)22)4-5-14(15)19/h4-6H,8H2,1-3H3,(H,25,26). The lowest BCUT2D eigenvalue weighted by molar-refractivity contribution is -0.137. The SMILES string of the molecule is Cc1nc(SCC(=O)Nc2cc(C(F)(F)F)ccc2Cl)c(C#N)c(C)c1C. The Hall–Kier alpha value is -2.24. The van der Waals surface area contributed by atoms with Gasteiger partial charge in [0, 0.05) is 5.69 Å². The predicted octanol–water partition coefficient (Wildman–Crippen LogP) is 5.28. The molecule has 0 aliphatic heterocycles. The molecule has 0 atom stereocenters. The molecule has 2 aromatic rings. The molecule has 2 rings (SSSR count). The van der Waals surface area contributed by atoms with Crippen molar-refractivity contribution in [3.8, 4) is 6.07 Å². The monoisotopic (exact) mass is 413 g/mol. The van der Waals surface area contributed by atoms with Crippen molar-refractivity contribution in [2.24, 2.45) is 0 Å². The van der Waals surface area contributed by atoms with E-state index in [9.17, 15) is 23.2 Å². The van der Waals surface area contributed by atoms with Gasteiger partial charge in [-0.2, -0.15) is 18.4 Å². The average Bonchev–Trinajstić information content (AvgIpc) is 2.59. The van der Waals surface area contributed by atoms with E-state index in [-0.39, 0.29) is 16.5 Å². The maximum Gasteiger partial charge on any atom is 0.416 e. The zero-order valence-corrected chi connectivity index (χ0v) is 16.2. The minimum absolute atomic E-state index is 0.000728.